The molecule has 0 aliphatic heterocycles. The second-order valence-corrected chi connectivity index (χ2v) is 5.46. The average Bonchev–Trinajstić information content (AvgIpc) is 2.45. The molecule has 1 atom stereocenters. The minimum atomic E-state index is -0.135. The van der Waals surface area contributed by atoms with Gasteiger partial charge in [-0.15, -0.1) is 0 Å². The van der Waals surface area contributed by atoms with Gasteiger partial charge in [-0.25, -0.2) is 0 Å². The van der Waals surface area contributed by atoms with E-state index in [1.165, 1.54) is 50.5 Å². The lowest BCUT2D eigenvalue weighted by Crippen LogP contribution is -2.07. The maximum Gasteiger partial charge on any atom is 0.0543 e. The Balaban J connectivity index is 1.95. The predicted octanol–water partition coefficient (Wildman–Crippen LogP) is 4.52. The van der Waals surface area contributed by atoms with Gasteiger partial charge in [0.15, 0.2) is 0 Å². The van der Waals surface area contributed by atoms with Crippen LogP contribution in [0.3, 0.4) is 0 Å². The maximum absolute atomic E-state index is 9.94. The van der Waals surface area contributed by atoms with Gasteiger partial charge in [0.2, 0.25) is 0 Å². The van der Waals surface area contributed by atoms with Gasteiger partial charge in [0.25, 0.3) is 0 Å². The molecule has 0 aliphatic rings. The first-order chi connectivity index (χ1) is 9.33. The lowest BCUT2D eigenvalue weighted by Gasteiger charge is -2.10. The highest BCUT2D eigenvalue weighted by molar-refractivity contribution is 5.09. The molecule has 0 spiro atoms. The molecule has 0 bridgehead atoms. The van der Waals surface area contributed by atoms with Gasteiger partial charge in [0.05, 0.1) is 6.10 Å². The molecule has 108 valence electrons. The van der Waals surface area contributed by atoms with Crippen molar-refractivity contribution in [3.63, 3.8) is 0 Å². The van der Waals surface area contributed by atoms with Gasteiger partial charge in [-0.05, 0) is 37.0 Å². The van der Waals surface area contributed by atoms with Crippen molar-refractivity contribution in [3.8, 4) is 0 Å². The van der Waals surface area contributed by atoms with Gasteiger partial charge < -0.3 is 5.11 Å². The Morgan fingerprint density at radius 3 is 2.26 bits per heavy atom. The SMILES string of the molecule is CCCCCCCCCC(O)CCc1ccncc1. The van der Waals surface area contributed by atoms with E-state index in [0.29, 0.717) is 0 Å². The van der Waals surface area contributed by atoms with Gasteiger partial charge in [-0.3, -0.25) is 4.98 Å². The van der Waals surface area contributed by atoms with Crippen LogP contribution in [0, 0.1) is 0 Å². The fraction of sp³-hybridized carbons (Fsp3) is 0.706. The molecule has 2 heteroatoms. The third kappa shape index (κ3) is 8.77. The number of hydrogen-bond donors (Lipinski definition) is 1. The Morgan fingerprint density at radius 2 is 1.58 bits per heavy atom. The van der Waals surface area contributed by atoms with E-state index >= 15 is 0 Å². The van der Waals surface area contributed by atoms with E-state index in [-0.39, 0.29) is 6.10 Å². The Kier molecular flexibility index (Phi) is 9.34. The molecular formula is C17H29NO. The molecule has 0 fully saturated rings. The Hall–Kier alpha value is -0.890. The topological polar surface area (TPSA) is 33.1 Å². The molecule has 1 rings (SSSR count). The number of hydrogen-bond acceptors (Lipinski definition) is 2. The van der Waals surface area contributed by atoms with Crippen LogP contribution in [-0.4, -0.2) is 16.2 Å². The second kappa shape index (κ2) is 11.0. The number of aliphatic hydroxyl groups is 1. The molecule has 0 amide bonds. The van der Waals surface area contributed by atoms with E-state index in [2.05, 4.69) is 11.9 Å². The van der Waals surface area contributed by atoms with Crippen molar-refractivity contribution < 1.29 is 5.11 Å². The van der Waals surface area contributed by atoms with E-state index in [1.807, 2.05) is 24.5 Å². The second-order valence-electron chi connectivity index (χ2n) is 5.46. The van der Waals surface area contributed by atoms with Crippen molar-refractivity contribution in [2.24, 2.45) is 0 Å². The standard InChI is InChI=1S/C17H29NO/c1-2-3-4-5-6-7-8-9-17(19)11-10-16-12-14-18-15-13-16/h12-15,17,19H,2-11H2,1H3. The van der Waals surface area contributed by atoms with Gasteiger partial charge in [-0.2, -0.15) is 0 Å². The summed E-state index contributed by atoms with van der Waals surface area (Å²) in [5.74, 6) is 0. The van der Waals surface area contributed by atoms with Crippen LogP contribution in [-0.2, 0) is 6.42 Å². The normalized spacial score (nSPS) is 12.5. The van der Waals surface area contributed by atoms with E-state index in [0.717, 1.165) is 19.3 Å². The fourth-order valence-corrected chi connectivity index (χ4v) is 2.36. The zero-order valence-electron chi connectivity index (χ0n) is 12.4. The molecule has 1 aromatic heterocycles. The number of aliphatic hydroxyl groups excluding tert-OH is 1. The van der Waals surface area contributed by atoms with Crippen molar-refractivity contribution >= 4 is 0 Å². The summed E-state index contributed by atoms with van der Waals surface area (Å²) in [7, 11) is 0. The first-order valence-electron chi connectivity index (χ1n) is 7.90. The first-order valence-corrected chi connectivity index (χ1v) is 7.90. The zero-order chi connectivity index (χ0) is 13.8. The number of rotatable bonds is 11. The quantitative estimate of drug-likeness (QED) is 0.596. The molecule has 0 saturated heterocycles. The number of unbranched alkanes of at least 4 members (excludes halogenated alkanes) is 6. The zero-order valence-corrected chi connectivity index (χ0v) is 12.4. The van der Waals surface area contributed by atoms with Crippen molar-refractivity contribution in [1.82, 2.24) is 4.98 Å². The molecule has 1 unspecified atom stereocenters. The van der Waals surface area contributed by atoms with E-state index in [1.54, 1.807) is 0 Å². The van der Waals surface area contributed by atoms with E-state index < -0.39 is 0 Å². The number of aromatic nitrogens is 1. The van der Waals surface area contributed by atoms with Gasteiger partial charge in [0.1, 0.15) is 0 Å². The van der Waals surface area contributed by atoms with E-state index in [9.17, 15) is 5.11 Å². The molecule has 19 heavy (non-hydrogen) atoms. The summed E-state index contributed by atoms with van der Waals surface area (Å²) >= 11 is 0. The van der Waals surface area contributed by atoms with E-state index in [4.69, 9.17) is 0 Å². The first kappa shape index (κ1) is 16.2. The van der Waals surface area contributed by atoms with Crippen molar-refractivity contribution in [2.45, 2.75) is 77.2 Å². The van der Waals surface area contributed by atoms with Crippen LogP contribution in [0.25, 0.3) is 0 Å². The van der Waals surface area contributed by atoms with Crippen LogP contribution in [0.2, 0.25) is 0 Å². The highest BCUT2D eigenvalue weighted by Crippen LogP contribution is 2.12. The number of pyridine rings is 1. The third-order valence-corrected chi connectivity index (χ3v) is 3.66. The maximum atomic E-state index is 9.94. The lowest BCUT2D eigenvalue weighted by atomic mass is 10.0. The third-order valence-electron chi connectivity index (χ3n) is 3.66. The molecule has 2 nitrogen and oxygen atoms in total. The van der Waals surface area contributed by atoms with Crippen molar-refractivity contribution in [3.05, 3.63) is 30.1 Å². The van der Waals surface area contributed by atoms with Crippen LogP contribution in [0.1, 0.15) is 70.3 Å². The lowest BCUT2D eigenvalue weighted by molar-refractivity contribution is 0.151. The summed E-state index contributed by atoms with van der Waals surface area (Å²) in [5.41, 5.74) is 1.27. The predicted molar refractivity (Wildman–Crippen MR) is 81.2 cm³/mol. The van der Waals surface area contributed by atoms with Gasteiger partial charge >= 0.3 is 0 Å². The van der Waals surface area contributed by atoms with Crippen LogP contribution < -0.4 is 0 Å². The molecular weight excluding hydrogens is 234 g/mol. The molecule has 0 aliphatic carbocycles. The highest BCUT2D eigenvalue weighted by Gasteiger charge is 2.04. The minimum Gasteiger partial charge on any atom is -0.393 e. The Labute approximate surface area is 118 Å². The number of nitrogens with zero attached hydrogens (tertiary/aromatic N) is 1. The fourth-order valence-electron chi connectivity index (χ4n) is 2.36. The summed E-state index contributed by atoms with van der Waals surface area (Å²) in [5, 5.41) is 9.94. The Morgan fingerprint density at radius 1 is 0.947 bits per heavy atom. The highest BCUT2D eigenvalue weighted by atomic mass is 16.3. The summed E-state index contributed by atoms with van der Waals surface area (Å²) in [6.45, 7) is 2.25. The number of aryl methyl sites for hydroxylation is 1. The summed E-state index contributed by atoms with van der Waals surface area (Å²) in [6.07, 6.45) is 15.5. The molecule has 1 N–H and O–H groups in total. The Bertz CT molecular complexity index is 299. The van der Waals surface area contributed by atoms with Crippen LogP contribution in [0.4, 0.5) is 0 Å². The van der Waals surface area contributed by atoms with Crippen LogP contribution >= 0.6 is 0 Å². The molecule has 1 heterocycles. The molecule has 1 aromatic rings. The van der Waals surface area contributed by atoms with Crippen molar-refractivity contribution in [1.29, 1.82) is 0 Å². The van der Waals surface area contributed by atoms with Gasteiger partial charge in [-0.1, -0.05) is 51.9 Å². The monoisotopic (exact) mass is 263 g/mol. The van der Waals surface area contributed by atoms with Gasteiger partial charge in [0, 0.05) is 12.4 Å². The summed E-state index contributed by atoms with van der Waals surface area (Å²) in [6, 6.07) is 4.06. The summed E-state index contributed by atoms with van der Waals surface area (Å²) in [4.78, 5) is 4.00. The molecule has 0 saturated carbocycles. The average molecular weight is 263 g/mol. The van der Waals surface area contributed by atoms with Crippen molar-refractivity contribution in [2.75, 3.05) is 0 Å². The van der Waals surface area contributed by atoms with Crippen LogP contribution in [0.5, 0.6) is 0 Å². The smallest absolute Gasteiger partial charge is 0.0543 e. The minimum absolute atomic E-state index is 0.135. The molecule has 0 aromatic carbocycles. The molecule has 0 radical (unpaired) electrons. The largest absolute Gasteiger partial charge is 0.393 e. The summed E-state index contributed by atoms with van der Waals surface area (Å²) < 4.78 is 0. The van der Waals surface area contributed by atoms with Crippen LogP contribution in [0.15, 0.2) is 24.5 Å².